The Morgan fingerprint density at radius 2 is 2.14 bits per heavy atom. The predicted molar refractivity (Wildman–Crippen MR) is 56.2 cm³/mol. The Balaban J connectivity index is 2.31. The molecule has 1 heterocycles. The van der Waals surface area contributed by atoms with E-state index in [1.54, 1.807) is 0 Å². The molecule has 72 valence electrons. The summed E-state index contributed by atoms with van der Waals surface area (Å²) in [7, 11) is 0. The molecule has 1 aromatic carbocycles. The van der Waals surface area contributed by atoms with Crippen molar-refractivity contribution in [3.8, 4) is 6.07 Å². The van der Waals surface area contributed by atoms with E-state index >= 15 is 0 Å². The Labute approximate surface area is 88.5 Å². The molecule has 0 aromatic heterocycles. The van der Waals surface area contributed by atoms with E-state index < -0.39 is 0 Å². The highest BCUT2D eigenvalue weighted by Gasteiger charge is 2.29. The lowest BCUT2D eigenvalue weighted by Gasteiger charge is -2.13. The van der Waals surface area contributed by atoms with Gasteiger partial charge in [0.25, 0.3) is 0 Å². The molecule has 2 rings (SSSR count). The molecule has 0 bridgehead atoms. The number of hydrogen-bond donors (Lipinski definition) is 1. The van der Waals surface area contributed by atoms with Crippen molar-refractivity contribution >= 4 is 11.6 Å². The van der Waals surface area contributed by atoms with Gasteiger partial charge in [0.05, 0.1) is 12.0 Å². The Kier molecular flexibility index (Phi) is 2.72. The molecule has 1 aliphatic rings. The highest BCUT2D eigenvalue weighted by molar-refractivity contribution is 6.31. The third kappa shape index (κ3) is 1.61. The van der Waals surface area contributed by atoms with E-state index in [0.29, 0.717) is 0 Å². The monoisotopic (exact) mass is 206 g/mol. The van der Waals surface area contributed by atoms with Gasteiger partial charge in [0.15, 0.2) is 0 Å². The average Bonchev–Trinajstić information content (AvgIpc) is 2.66. The lowest BCUT2D eigenvalue weighted by molar-refractivity contribution is 0.647. The van der Waals surface area contributed by atoms with E-state index in [0.717, 1.165) is 23.7 Å². The lowest BCUT2D eigenvalue weighted by atomic mass is 9.90. The van der Waals surface area contributed by atoms with Crippen LogP contribution in [-0.2, 0) is 0 Å². The molecule has 1 N–H and O–H groups in total. The van der Waals surface area contributed by atoms with Crippen LogP contribution in [0.2, 0.25) is 5.02 Å². The topological polar surface area (TPSA) is 35.8 Å². The molecule has 3 heteroatoms. The molecule has 1 saturated heterocycles. The molecular formula is C11H11ClN2. The van der Waals surface area contributed by atoms with Crippen molar-refractivity contribution in [1.82, 2.24) is 5.32 Å². The number of nitriles is 1. The number of nitrogens with zero attached hydrogens (tertiary/aromatic N) is 1. The zero-order valence-corrected chi connectivity index (χ0v) is 8.46. The molecule has 0 unspecified atom stereocenters. The van der Waals surface area contributed by atoms with Gasteiger partial charge in [-0.3, -0.25) is 0 Å². The van der Waals surface area contributed by atoms with Gasteiger partial charge in [0.1, 0.15) is 0 Å². The fraction of sp³-hybridized carbons (Fsp3) is 0.364. The minimum atomic E-state index is 0.0508. The molecule has 0 radical (unpaired) electrons. The van der Waals surface area contributed by atoms with Crippen LogP contribution in [0.4, 0.5) is 0 Å². The van der Waals surface area contributed by atoms with Crippen LogP contribution in [0.25, 0.3) is 0 Å². The second-order valence-electron chi connectivity index (χ2n) is 3.52. The molecule has 14 heavy (non-hydrogen) atoms. The first-order chi connectivity index (χ1) is 6.83. The van der Waals surface area contributed by atoms with E-state index in [2.05, 4.69) is 11.4 Å². The van der Waals surface area contributed by atoms with Crippen molar-refractivity contribution in [2.75, 3.05) is 13.1 Å². The van der Waals surface area contributed by atoms with Crippen LogP contribution in [0, 0.1) is 17.2 Å². The van der Waals surface area contributed by atoms with Crippen molar-refractivity contribution in [3.05, 3.63) is 34.9 Å². The first-order valence-corrected chi connectivity index (χ1v) is 5.05. The summed E-state index contributed by atoms with van der Waals surface area (Å²) in [5.74, 6) is 0.295. The third-order valence-electron chi connectivity index (χ3n) is 2.68. The van der Waals surface area contributed by atoms with Gasteiger partial charge in [-0.1, -0.05) is 29.8 Å². The number of benzene rings is 1. The lowest BCUT2D eigenvalue weighted by Crippen LogP contribution is -2.08. The molecule has 0 amide bonds. The van der Waals surface area contributed by atoms with Gasteiger partial charge in [-0.15, -0.1) is 0 Å². The van der Waals surface area contributed by atoms with E-state index in [1.165, 1.54) is 0 Å². The summed E-state index contributed by atoms with van der Waals surface area (Å²) in [6, 6.07) is 10.1. The first kappa shape index (κ1) is 9.51. The number of rotatable bonds is 1. The summed E-state index contributed by atoms with van der Waals surface area (Å²) in [5, 5.41) is 12.9. The van der Waals surface area contributed by atoms with Gasteiger partial charge in [0, 0.05) is 24.0 Å². The molecule has 0 aliphatic carbocycles. The highest BCUT2D eigenvalue weighted by Crippen LogP contribution is 2.32. The van der Waals surface area contributed by atoms with Crippen molar-refractivity contribution in [1.29, 1.82) is 5.26 Å². The quantitative estimate of drug-likeness (QED) is 0.765. The largest absolute Gasteiger partial charge is 0.315 e. The maximum atomic E-state index is 8.96. The summed E-state index contributed by atoms with van der Waals surface area (Å²) in [5.41, 5.74) is 1.09. The first-order valence-electron chi connectivity index (χ1n) is 4.67. The average molecular weight is 207 g/mol. The summed E-state index contributed by atoms with van der Waals surface area (Å²) >= 11 is 6.09. The molecule has 2 atom stereocenters. The Morgan fingerprint density at radius 3 is 2.86 bits per heavy atom. The van der Waals surface area contributed by atoms with Gasteiger partial charge in [0.2, 0.25) is 0 Å². The van der Waals surface area contributed by atoms with E-state index in [9.17, 15) is 0 Å². The zero-order valence-electron chi connectivity index (χ0n) is 7.70. The minimum Gasteiger partial charge on any atom is -0.315 e. The zero-order chi connectivity index (χ0) is 9.97. The van der Waals surface area contributed by atoms with Crippen LogP contribution in [0.5, 0.6) is 0 Å². The fourth-order valence-electron chi connectivity index (χ4n) is 1.92. The molecule has 2 nitrogen and oxygen atoms in total. The third-order valence-corrected chi connectivity index (χ3v) is 3.03. The summed E-state index contributed by atoms with van der Waals surface area (Å²) < 4.78 is 0. The molecule has 0 saturated carbocycles. The van der Waals surface area contributed by atoms with Gasteiger partial charge in [-0.2, -0.15) is 5.26 Å². The van der Waals surface area contributed by atoms with Crippen LogP contribution in [0.1, 0.15) is 11.5 Å². The second-order valence-corrected chi connectivity index (χ2v) is 3.93. The molecule has 1 aliphatic heterocycles. The van der Waals surface area contributed by atoms with E-state index in [1.807, 2.05) is 24.3 Å². The van der Waals surface area contributed by atoms with Gasteiger partial charge in [-0.25, -0.2) is 0 Å². The smallest absolute Gasteiger partial charge is 0.0676 e. The van der Waals surface area contributed by atoms with Crippen molar-refractivity contribution in [2.24, 2.45) is 5.92 Å². The Morgan fingerprint density at radius 1 is 1.36 bits per heavy atom. The normalized spacial score (nSPS) is 26.0. The molecule has 0 spiro atoms. The molecular weight excluding hydrogens is 196 g/mol. The predicted octanol–water partition coefficient (Wildman–Crippen LogP) is 2.17. The van der Waals surface area contributed by atoms with Crippen molar-refractivity contribution < 1.29 is 0 Å². The fourth-order valence-corrected chi connectivity index (χ4v) is 2.19. The van der Waals surface area contributed by atoms with Gasteiger partial charge >= 0.3 is 0 Å². The maximum absolute atomic E-state index is 8.96. The highest BCUT2D eigenvalue weighted by atomic mass is 35.5. The van der Waals surface area contributed by atoms with Gasteiger partial charge in [-0.05, 0) is 11.6 Å². The summed E-state index contributed by atoms with van der Waals surface area (Å²) in [6.45, 7) is 1.62. The van der Waals surface area contributed by atoms with Crippen LogP contribution in [0.3, 0.4) is 0 Å². The summed E-state index contributed by atoms with van der Waals surface area (Å²) in [4.78, 5) is 0. The van der Waals surface area contributed by atoms with Crippen LogP contribution >= 0.6 is 11.6 Å². The number of hydrogen-bond acceptors (Lipinski definition) is 2. The Bertz CT molecular complexity index is 370. The van der Waals surface area contributed by atoms with E-state index in [4.69, 9.17) is 16.9 Å². The second kappa shape index (κ2) is 4.00. The Hall–Kier alpha value is -1.04. The summed E-state index contributed by atoms with van der Waals surface area (Å²) in [6.07, 6.45) is 0. The molecule has 1 aromatic rings. The SMILES string of the molecule is N#C[C@@H]1CNC[C@@H]1c1ccccc1Cl. The van der Waals surface area contributed by atoms with Gasteiger partial charge < -0.3 is 5.32 Å². The van der Waals surface area contributed by atoms with Crippen molar-refractivity contribution in [2.45, 2.75) is 5.92 Å². The van der Waals surface area contributed by atoms with Crippen LogP contribution in [0.15, 0.2) is 24.3 Å². The number of nitrogens with one attached hydrogen (secondary N) is 1. The van der Waals surface area contributed by atoms with Crippen LogP contribution in [-0.4, -0.2) is 13.1 Å². The minimum absolute atomic E-state index is 0.0508. The van der Waals surface area contributed by atoms with E-state index in [-0.39, 0.29) is 11.8 Å². The molecule has 1 fully saturated rings. The van der Waals surface area contributed by atoms with Crippen LogP contribution < -0.4 is 5.32 Å². The number of halogens is 1. The maximum Gasteiger partial charge on any atom is 0.0676 e. The standard InChI is InChI=1S/C11H11ClN2/c12-11-4-2-1-3-9(11)10-7-14-6-8(10)5-13/h1-4,8,10,14H,6-7H2/t8-,10+/m1/s1. The van der Waals surface area contributed by atoms with Crippen molar-refractivity contribution in [3.63, 3.8) is 0 Å².